The molecule has 4 N–H and O–H groups in total. The van der Waals surface area contributed by atoms with Crippen LogP contribution in [0.1, 0.15) is 43.2 Å². The number of amides is 3. The first-order valence-corrected chi connectivity index (χ1v) is 13.3. The van der Waals surface area contributed by atoms with Crippen molar-refractivity contribution in [2.75, 3.05) is 13.1 Å². The van der Waals surface area contributed by atoms with Crippen molar-refractivity contribution in [3.8, 4) is 0 Å². The molecule has 0 spiro atoms. The number of carboxylic acids is 1. The van der Waals surface area contributed by atoms with E-state index in [4.69, 9.17) is 5.73 Å². The highest BCUT2D eigenvalue weighted by Gasteiger charge is 2.42. The van der Waals surface area contributed by atoms with Crippen molar-refractivity contribution in [3.63, 3.8) is 0 Å². The number of carboxylic acid groups (broad SMARTS) is 1. The highest BCUT2D eigenvalue weighted by molar-refractivity contribution is 5.94. The number of benzene rings is 2. The van der Waals surface area contributed by atoms with Crippen molar-refractivity contribution in [2.45, 2.75) is 69.1 Å². The number of rotatable bonds is 10. The number of hydrogen-bond acceptors (Lipinski definition) is 5. The van der Waals surface area contributed by atoms with E-state index in [0.717, 1.165) is 11.1 Å². The van der Waals surface area contributed by atoms with Crippen LogP contribution in [0.25, 0.3) is 0 Å². The molecule has 0 aliphatic carbocycles. The highest BCUT2D eigenvalue weighted by Crippen LogP contribution is 2.26. The average molecular weight is 521 g/mol. The van der Waals surface area contributed by atoms with Crippen molar-refractivity contribution >= 4 is 23.7 Å². The molecule has 9 heteroatoms. The van der Waals surface area contributed by atoms with Crippen LogP contribution < -0.4 is 11.1 Å². The molecule has 0 aromatic heterocycles. The summed E-state index contributed by atoms with van der Waals surface area (Å²) in [7, 11) is 0. The van der Waals surface area contributed by atoms with Gasteiger partial charge in [-0.1, -0.05) is 60.7 Å². The van der Waals surface area contributed by atoms with Gasteiger partial charge in [0.25, 0.3) is 0 Å². The first kappa shape index (κ1) is 27.3. The summed E-state index contributed by atoms with van der Waals surface area (Å²) in [5.41, 5.74) is 8.11. The molecule has 0 radical (unpaired) electrons. The van der Waals surface area contributed by atoms with E-state index < -0.39 is 30.0 Å². The van der Waals surface area contributed by atoms with Gasteiger partial charge in [0.15, 0.2) is 0 Å². The van der Waals surface area contributed by atoms with Crippen molar-refractivity contribution in [1.82, 2.24) is 15.1 Å². The highest BCUT2D eigenvalue weighted by atomic mass is 16.4. The molecule has 4 rings (SSSR count). The van der Waals surface area contributed by atoms with Crippen molar-refractivity contribution in [2.24, 2.45) is 5.73 Å². The van der Waals surface area contributed by atoms with E-state index in [1.165, 1.54) is 4.90 Å². The van der Waals surface area contributed by atoms with Crippen molar-refractivity contribution in [1.29, 1.82) is 0 Å². The quantitative estimate of drug-likeness (QED) is 0.437. The van der Waals surface area contributed by atoms with Gasteiger partial charge in [-0.15, -0.1) is 0 Å². The minimum absolute atomic E-state index is 0.141. The minimum Gasteiger partial charge on any atom is -0.480 e. The van der Waals surface area contributed by atoms with Gasteiger partial charge in [-0.05, 0) is 43.2 Å². The summed E-state index contributed by atoms with van der Waals surface area (Å²) in [5.74, 6) is -2.00. The SMILES string of the molecule is NC(CC(=O)N1CCCC1C(=O)N1CCCC1C(=O)NC(Cc1ccccc1)C(=O)O)Cc1ccccc1. The van der Waals surface area contributed by atoms with Gasteiger partial charge in [0.2, 0.25) is 17.7 Å². The molecule has 4 unspecified atom stereocenters. The lowest BCUT2D eigenvalue weighted by atomic mass is 10.0. The van der Waals surface area contributed by atoms with E-state index >= 15 is 0 Å². The van der Waals surface area contributed by atoms with Gasteiger partial charge < -0.3 is 26.0 Å². The number of likely N-dealkylation sites (tertiary alicyclic amines) is 2. The Balaban J connectivity index is 1.37. The average Bonchev–Trinajstić information content (AvgIpc) is 3.59. The zero-order valence-corrected chi connectivity index (χ0v) is 21.5. The van der Waals surface area contributed by atoms with Gasteiger partial charge in [-0.3, -0.25) is 14.4 Å². The van der Waals surface area contributed by atoms with E-state index in [1.807, 2.05) is 60.7 Å². The third kappa shape index (κ3) is 6.77. The zero-order chi connectivity index (χ0) is 27.1. The summed E-state index contributed by atoms with van der Waals surface area (Å²) >= 11 is 0. The standard InChI is InChI=1S/C29H36N4O5/c30-22(17-20-9-3-1-4-10-20)19-26(34)32-15-8-14-25(32)28(36)33-16-7-13-24(33)27(35)31-23(29(37)38)18-21-11-5-2-6-12-21/h1-6,9-12,22-25H,7-8,13-19,30H2,(H,31,35)(H,37,38). The van der Waals surface area contributed by atoms with Crippen LogP contribution in [0.5, 0.6) is 0 Å². The normalized spacial score (nSPS) is 20.7. The number of nitrogens with one attached hydrogen (secondary N) is 1. The molecule has 2 aliphatic rings. The van der Waals surface area contributed by atoms with Crippen LogP contribution in [0.4, 0.5) is 0 Å². The number of aliphatic carboxylic acids is 1. The fraction of sp³-hybridized carbons (Fsp3) is 0.448. The van der Waals surface area contributed by atoms with E-state index in [-0.39, 0.29) is 30.7 Å². The molecule has 4 atom stereocenters. The summed E-state index contributed by atoms with van der Waals surface area (Å²) in [6, 6.07) is 16.0. The van der Waals surface area contributed by atoms with E-state index in [2.05, 4.69) is 5.32 Å². The monoisotopic (exact) mass is 520 g/mol. The van der Waals surface area contributed by atoms with E-state index in [9.17, 15) is 24.3 Å². The second-order valence-corrected chi connectivity index (χ2v) is 10.2. The molecule has 202 valence electrons. The largest absolute Gasteiger partial charge is 0.480 e. The number of nitrogens with zero attached hydrogens (tertiary/aromatic N) is 2. The Morgan fingerprint density at radius 3 is 2.00 bits per heavy atom. The maximum atomic E-state index is 13.6. The third-order valence-electron chi connectivity index (χ3n) is 7.37. The molecule has 2 heterocycles. The summed E-state index contributed by atoms with van der Waals surface area (Å²) in [4.78, 5) is 54.8. The molecular weight excluding hydrogens is 484 g/mol. The molecule has 0 saturated carbocycles. The maximum Gasteiger partial charge on any atom is 0.326 e. The molecule has 2 saturated heterocycles. The van der Waals surface area contributed by atoms with E-state index in [0.29, 0.717) is 45.2 Å². The van der Waals surface area contributed by atoms with Crippen LogP contribution in [0.15, 0.2) is 60.7 Å². The smallest absolute Gasteiger partial charge is 0.326 e. The lowest BCUT2D eigenvalue weighted by Crippen LogP contribution is -2.55. The molecular formula is C29H36N4O5. The van der Waals surface area contributed by atoms with Crippen LogP contribution in [-0.4, -0.2) is 75.9 Å². The summed E-state index contributed by atoms with van der Waals surface area (Å²) < 4.78 is 0. The Bertz CT molecular complexity index is 1130. The van der Waals surface area contributed by atoms with Crippen LogP contribution in [0.2, 0.25) is 0 Å². The van der Waals surface area contributed by atoms with Crippen LogP contribution in [0, 0.1) is 0 Å². The molecule has 2 aromatic carbocycles. The second kappa shape index (κ2) is 12.7. The van der Waals surface area contributed by atoms with Gasteiger partial charge >= 0.3 is 5.97 Å². The van der Waals surface area contributed by atoms with Gasteiger partial charge in [-0.25, -0.2) is 4.79 Å². The second-order valence-electron chi connectivity index (χ2n) is 10.2. The molecule has 0 bridgehead atoms. The summed E-state index contributed by atoms with van der Waals surface area (Å²) in [6.07, 6.45) is 3.20. The first-order valence-electron chi connectivity index (χ1n) is 13.3. The van der Waals surface area contributed by atoms with E-state index in [1.54, 1.807) is 4.90 Å². The maximum absolute atomic E-state index is 13.6. The Morgan fingerprint density at radius 2 is 1.39 bits per heavy atom. The van der Waals surface area contributed by atoms with Crippen molar-refractivity contribution < 1.29 is 24.3 Å². The molecule has 2 aliphatic heterocycles. The van der Waals surface area contributed by atoms with Crippen LogP contribution in [-0.2, 0) is 32.0 Å². The molecule has 9 nitrogen and oxygen atoms in total. The summed E-state index contributed by atoms with van der Waals surface area (Å²) in [6.45, 7) is 0.884. The van der Waals surface area contributed by atoms with Crippen LogP contribution >= 0.6 is 0 Å². The number of carbonyl (C=O) groups excluding carboxylic acids is 3. The number of carbonyl (C=O) groups is 4. The predicted octanol–water partition coefficient (Wildman–Crippen LogP) is 1.74. The zero-order valence-electron chi connectivity index (χ0n) is 21.5. The first-order chi connectivity index (χ1) is 18.3. The fourth-order valence-corrected chi connectivity index (χ4v) is 5.46. The molecule has 2 aromatic rings. The van der Waals surface area contributed by atoms with Gasteiger partial charge in [-0.2, -0.15) is 0 Å². The lowest BCUT2D eigenvalue weighted by Gasteiger charge is -2.32. The molecule has 38 heavy (non-hydrogen) atoms. The van der Waals surface area contributed by atoms with Gasteiger partial charge in [0.1, 0.15) is 18.1 Å². The minimum atomic E-state index is -1.13. The van der Waals surface area contributed by atoms with Gasteiger partial charge in [0, 0.05) is 32.0 Å². The Kier molecular flexibility index (Phi) is 9.12. The Morgan fingerprint density at radius 1 is 0.842 bits per heavy atom. The van der Waals surface area contributed by atoms with Crippen molar-refractivity contribution in [3.05, 3.63) is 71.8 Å². The lowest BCUT2D eigenvalue weighted by molar-refractivity contribution is -0.148. The topological polar surface area (TPSA) is 133 Å². The summed E-state index contributed by atoms with van der Waals surface area (Å²) in [5, 5.41) is 12.3. The van der Waals surface area contributed by atoms with Crippen LogP contribution in [0.3, 0.4) is 0 Å². The molecule has 3 amide bonds. The number of hydrogen-bond donors (Lipinski definition) is 3. The number of nitrogens with two attached hydrogens (primary N) is 1. The van der Waals surface area contributed by atoms with Gasteiger partial charge in [0.05, 0.1) is 0 Å². The molecule has 2 fully saturated rings. The third-order valence-corrected chi connectivity index (χ3v) is 7.37. The fourth-order valence-electron chi connectivity index (χ4n) is 5.46. The Hall–Kier alpha value is -3.72. The Labute approximate surface area is 223 Å². The predicted molar refractivity (Wildman–Crippen MR) is 142 cm³/mol.